The monoisotopic (exact) mass is 286 g/mol. The summed E-state index contributed by atoms with van der Waals surface area (Å²) in [5, 5.41) is 2.64. The summed E-state index contributed by atoms with van der Waals surface area (Å²) in [6, 6.07) is -0.434. The van der Waals surface area contributed by atoms with Crippen molar-refractivity contribution in [3.05, 3.63) is 0 Å². The van der Waals surface area contributed by atoms with Crippen LogP contribution in [-0.2, 0) is 19.1 Å². The Morgan fingerprint density at radius 1 is 1.40 bits per heavy atom. The normalized spacial score (nSPS) is 20.1. The summed E-state index contributed by atoms with van der Waals surface area (Å²) in [6.07, 6.45) is 1.30. The minimum atomic E-state index is -0.982. The highest BCUT2D eigenvalue weighted by atomic mass is 16.7. The van der Waals surface area contributed by atoms with E-state index >= 15 is 0 Å². The van der Waals surface area contributed by atoms with Crippen LogP contribution < -0.4 is 5.32 Å². The van der Waals surface area contributed by atoms with E-state index in [9.17, 15) is 14.4 Å². The van der Waals surface area contributed by atoms with Gasteiger partial charge in [-0.1, -0.05) is 6.42 Å². The first-order chi connectivity index (χ1) is 9.45. The number of nitrogens with one attached hydrogen (secondary N) is 1. The Kier molecular flexibility index (Phi) is 6.44. The number of ether oxygens (including phenoxy) is 2. The first-order valence-electron chi connectivity index (χ1n) is 6.76. The Hall–Kier alpha value is -1.63. The number of ketones is 1. The van der Waals surface area contributed by atoms with Crippen molar-refractivity contribution >= 4 is 17.8 Å². The van der Waals surface area contributed by atoms with Crippen molar-refractivity contribution in [1.29, 1.82) is 0 Å². The molecule has 20 heavy (non-hydrogen) atoms. The molecule has 0 aromatic carbocycles. The highest BCUT2D eigenvalue weighted by Gasteiger charge is 2.30. The van der Waals surface area contributed by atoms with E-state index in [1.165, 1.54) is 18.9 Å². The maximum absolute atomic E-state index is 11.9. The predicted octanol–water partition coefficient (Wildman–Crippen LogP) is 0.675. The summed E-state index contributed by atoms with van der Waals surface area (Å²) >= 11 is 0. The number of hydrogen-bond acceptors (Lipinski definition) is 6. The summed E-state index contributed by atoms with van der Waals surface area (Å²) in [6.45, 7) is 1.50. The molecule has 7 heteroatoms. The minimum absolute atomic E-state index is 0.0405. The fourth-order valence-electron chi connectivity index (χ4n) is 2.12. The predicted molar refractivity (Wildman–Crippen MR) is 71.0 cm³/mol. The summed E-state index contributed by atoms with van der Waals surface area (Å²) in [5.41, 5.74) is 0. The molecule has 1 rings (SSSR count). The number of Topliss-reactive ketones (excluding diaryl/α,β-unsaturated/α-hetero) is 1. The third kappa shape index (κ3) is 4.80. The lowest BCUT2D eigenvalue weighted by molar-refractivity contribution is -0.165. The third-order valence-corrected chi connectivity index (χ3v) is 3.16. The quantitative estimate of drug-likeness (QED) is 0.591. The summed E-state index contributed by atoms with van der Waals surface area (Å²) < 4.78 is 9.86. The van der Waals surface area contributed by atoms with Crippen molar-refractivity contribution in [2.24, 2.45) is 0 Å². The van der Waals surface area contributed by atoms with Gasteiger partial charge in [0, 0.05) is 20.4 Å². The molecule has 0 aromatic heterocycles. The largest absolute Gasteiger partial charge is 0.424 e. The number of carbonyl (C=O) groups is 3. The molecular formula is C13H22N2O5. The van der Waals surface area contributed by atoms with Crippen molar-refractivity contribution in [2.45, 2.75) is 44.9 Å². The molecule has 7 nitrogen and oxygen atoms in total. The van der Waals surface area contributed by atoms with Gasteiger partial charge in [0.05, 0.1) is 12.6 Å². The van der Waals surface area contributed by atoms with Crippen LogP contribution in [0, 0.1) is 0 Å². The van der Waals surface area contributed by atoms with E-state index < -0.39 is 24.4 Å². The summed E-state index contributed by atoms with van der Waals surface area (Å²) in [5.74, 6) is -0.459. The van der Waals surface area contributed by atoms with Gasteiger partial charge in [-0.2, -0.15) is 0 Å². The van der Waals surface area contributed by atoms with Crippen molar-refractivity contribution in [3.8, 4) is 0 Å². The molecule has 1 aliphatic carbocycles. The van der Waals surface area contributed by atoms with E-state index in [4.69, 9.17) is 9.47 Å². The maximum atomic E-state index is 11.9. The SMILES string of the molecule is CNCC(=O)OC(C)OC(=O)N(C)C1CCCCC1=O. The van der Waals surface area contributed by atoms with Gasteiger partial charge < -0.3 is 19.7 Å². The molecule has 114 valence electrons. The van der Waals surface area contributed by atoms with Crippen LogP contribution in [0.4, 0.5) is 4.79 Å². The van der Waals surface area contributed by atoms with Gasteiger partial charge in [0.2, 0.25) is 6.29 Å². The van der Waals surface area contributed by atoms with E-state index in [0.29, 0.717) is 12.8 Å². The zero-order chi connectivity index (χ0) is 15.1. The first-order valence-corrected chi connectivity index (χ1v) is 6.76. The number of hydrogen-bond donors (Lipinski definition) is 1. The van der Waals surface area contributed by atoms with Crippen molar-refractivity contribution in [3.63, 3.8) is 0 Å². The van der Waals surface area contributed by atoms with Crippen LogP contribution in [0.3, 0.4) is 0 Å². The molecule has 1 aliphatic rings. The molecule has 1 N–H and O–H groups in total. The highest BCUT2D eigenvalue weighted by molar-refractivity contribution is 5.87. The molecule has 1 fully saturated rings. The van der Waals surface area contributed by atoms with Crippen LogP contribution in [0.25, 0.3) is 0 Å². The Morgan fingerprint density at radius 2 is 2.10 bits per heavy atom. The Morgan fingerprint density at radius 3 is 2.70 bits per heavy atom. The molecule has 0 spiro atoms. The number of amides is 1. The number of esters is 1. The molecule has 2 unspecified atom stereocenters. The maximum Gasteiger partial charge on any atom is 0.413 e. The van der Waals surface area contributed by atoms with E-state index in [1.54, 1.807) is 7.05 Å². The van der Waals surface area contributed by atoms with E-state index in [2.05, 4.69) is 5.32 Å². The number of rotatable bonds is 5. The van der Waals surface area contributed by atoms with Crippen LogP contribution in [0.5, 0.6) is 0 Å². The second-order valence-electron chi connectivity index (χ2n) is 4.81. The lowest BCUT2D eigenvalue weighted by Gasteiger charge is -2.30. The molecule has 0 radical (unpaired) electrons. The van der Waals surface area contributed by atoms with E-state index in [-0.39, 0.29) is 12.3 Å². The van der Waals surface area contributed by atoms with Gasteiger partial charge in [-0.15, -0.1) is 0 Å². The van der Waals surface area contributed by atoms with Gasteiger partial charge in [0.25, 0.3) is 0 Å². The summed E-state index contributed by atoms with van der Waals surface area (Å²) in [4.78, 5) is 36.1. The zero-order valence-electron chi connectivity index (χ0n) is 12.2. The average Bonchev–Trinajstić information content (AvgIpc) is 2.38. The van der Waals surface area contributed by atoms with Crippen LogP contribution >= 0.6 is 0 Å². The lowest BCUT2D eigenvalue weighted by Crippen LogP contribution is -2.45. The number of nitrogens with zero attached hydrogens (tertiary/aromatic N) is 1. The van der Waals surface area contributed by atoms with Gasteiger partial charge >= 0.3 is 12.1 Å². The molecule has 2 atom stereocenters. The fourth-order valence-corrected chi connectivity index (χ4v) is 2.12. The Balaban J connectivity index is 2.44. The van der Waals surface area contributed by atoms with Gasteiger partial charge in [0.1, 0.15) is 0 Å². The standard InChI is InChI=1S/C13H22N2O5/c1-9(19-12(17)8-14-2)20-13(18)15(3)10-6-4-5-7-11(10)16/h9-10,14H,4-8H2,1-3H3. The average molecular weight is 286 g/mol. The zero-order valence-corrected chi connectivity index (χ0v) is 12.2. The van der Waals surface area contributed by atoms with E-state index in [0.717, 1.165) is 12.8 Å². The number of carbonyl (C=O) groups excluding carboxylic acids is 3. The Labute approximate surface area is 118 Å². The van der Waals surface area contributed by atoms with Crippen LogP contribution in [0.15, 0.2) is 0 Å². The molecule has 0 aromatic rings. The molecule has 0 bridgehead atoms. The molecule has 0 saturated heterocycles. The smallest absolute Gasteiger partial charge is 0.413 e. The number of likely N-dealkylation sites (N-methyl/N-ethyl adjacent to an activating group) is 2. The fraction of sp³-hybridized carbons (Fsp3) is 0.769. The molecular weight excluding hydrogens is 264 g/mol. The Bertz CT molecular complexity index is 372. The van der Waals surface area contributed by atoms with Crippen LogP contribution in [0.2, 0.25) is 0 Å². The topological polar surface area (TPSA) is 84.9 Å². The van der Waals surface area contributed by atoms with Crippen molar-refractivity contribution < 1.29 is 23.9 Å². The molecule has 0 heterocycles. The highest BCUT2D eigenvalue weighted by Crippen LogP contribution is 2.19. The van der Waals surface area contributed by atoms with Gasteiger partial charge in [-0.25, -0.2) is 4.79 Å². The van der Waals surface area contributed by atoms with E-state index in [1.807, 2.05) is 0 Å². The second kappa shape index (κ2) is 7.84. The summed E-state index contributed by atoms with van der Waals surface area (Å²) in [7, 11) is 3.14. The van der Waals surface area contributed by atoms with Crippen molar-refractivity contribution in [1.82, 2.24) is 10.2 Å². The van der Waals surface area contributed by atoms with Crippen molar-refractivity contribution in [2.75, 3.05) is 20.6 Å². The first kappa shape index (κ1) is 16.4. The van der Waals surface area contributed by atoms with Gasteiger partial charge in [-0.05, 0) is 19.9 Å². The minimum Gasteiger partial charge on any atom is -0.424 e. The van der Waals surface area contributed by atoms with Crippen LogP contribution in [-0.4, -0.2) is 55.7 Å². The van der Waals surface area contributed by atoms with Gasteiger partial charge in [0.15, 0.2) is 5.78 Å². The molecule has 0 aliphatic heterocycles. The van der Waals surface area contributed by atoms with Gasteiger partial charge in [-0.3, -0.25) is 9.59 Å². The molecule has 1 saturated carbocycles. The molecule has 1 amide bonds. The lowest BCUT2D eigenvalue weighted by atomic mass is 9.93. The second-order valence-corrected chi connectivity index (χ2v) is 4.81. The third-order valence-electron chi connectivity index (χ3n) is 3.16. The van der Waals surface area contributed by atoms with Crippen LogP contribution in [0.1, 0.15) is 32.6 Å².